The van der Waals surface area contributed by atoms with Gasteiger partial charge in [0, 0.05) is 42.4 Å². The van der Waals surface area contributed by atoms with E-state index in [9.17, 15) is 10.1 Å². The first-order valence-electron chi connectivity index (χ1n) is 7.94. The normalized spacial score (nSPS) is 16.0. The second-order valence-electron chi connectivity index (χ2n) is 5.96. The average molecular weight is 391 g/mol. The topological polar surface area (TPSA) is 71.3 Å². The number of aromatic nitrogens is 1. The van der Waals surface area contributed by atoms with Gasteiger partial charge < -0.3 is 5.32 Å². The summed E-state index contributed by atoms with van der Waals surface area (Å²) in [6.07, 6.45) is 3.48. The summed E-state index contributed by atoms with van der Waals surface area (Å²) in [5, 5.41) is 14.4. The highest BCUT2D eigenvalue weighted by Gasteiger charge is 2.23. The number of benzene rings is 1. The molecule has 0 radical (unpaired) electrons. The Bertz CT molecular complexity index is 703. The number of halogens is 1. The van der Waals surface area contributed by atoms with Crippen molar-refractivity contribution in [1.82, 2.24) is 9.88 Å². The van der Waals surface area contributed by atoms with Crippen molar-refractivity contribution in [3.63, 3.8) is 0 Å². The van der Waals surface area contributed by atoms with Gasteiger partial charge >= 0.3 is 5.69 Å². The summed E-state index contributed by atoms with van der Waals surface area (Å²) in [5.74, 6) is 0.352. The van der Waals surface area contributed by atoms with Crippen LogP contribution in [-0.4, -0.2) is 33.9 Å². The number of nitrogens with zero attached hydrogens (tertiary/aromatic N) is 3. The fourth-order valence-corrected chi connectivity index (χ4v) is 3.27. The van der Waals surface area contributed by atoms with Crippen molar-refractivity contribution in [2.24, 2.45) is 0 Å². The smallest absolute Gasteiger partial charge is 0.312 e. The Balaban J connectivity index is 1.57. The van der Waals surface area contributed by atoms with Crippen molar-refractivity contribution in [3.8, 4) is 0 Å². The Morgan fingerprint density at radius 1 is 1.29 bits per heavy atom. The predicted molar refractivity (Wildman–Crippen MR) is 97.0 cm³/mol. The fraction of sp³-hybridized carbons (Fsp3) is 0.353. The maximum Gasteiger partial charge on any atom is 0.312 e. The number of hydrogen-bond donors (Lipinski definition) is 1. The molecule has 0 bridgehead atoms. The molecule has 1 aliphatic heterocycles. The van der Waals surface area contributed by atoms with Crippen molar-refractivity contribution in [2.75, 3.05) is 18.4 Å². The molecule has 1 saturated heterocycles. The van der Waals surface area contributed by atoms with Crippen LogP contribution in [0, 0.1) is 10.1 Å². The van der Waals surface area contributed by atoms with E-state index in [0.717, 1.165) is 32.5 Å². The molecule has 1 aliphatic rings. The summed E-state index contributed by atoms with van der Waals surface area (Å²) in [6.45, 7) is 2.89. The minimum absolute atomic E-state index is 0.0103. The van der Waals surface area contributed by atoms with Gasteiger partial charge in [-0.2, -0.15) is 0 Å². The van der Waals surface area contributed by atoms with Crippen molar-refractivity contribution >= 4 is 27.4 Å². The van der Waals surface area contributed by atoms with E-state index in [1.54, 1.807) is 6.20 Å². The van der Waals surface area contributed by atoms with Gasteiger partial charge in [0.1, 0.15) is 0 Å². The van der Waals surface area contributed by atoms with E-state index in [2.05, 4.69) is 55.4 Å². The molecule has 1 fully saturated rings. The highest BCUT2D eigenvalue weighted by molar-refractivity contribution is 9.10. The van der Waals surface area contributed by atoms with Gasteiger partial charge in [-0.1, -0.05) is 30.3 Å². The van der Waals surface area contributed by atoms with E-state index in [1.807, 2.05) is 6.07 Å². The molecular weight excluding hydrogens is 372 g/mol. The number of nitro groups is 1. The molecule has 6 nitrogen and oxygen atoms in total. The van der Waals surface area contributed by atoms with Crippen molar-refractivity contribution in [2.45, 2.75) is 25.4 Å². The molecule has 2 heterocycles. The van der Waals surface area contributed by atoms with Crippen molar-refractivity contribution < 1.29 is 4.92 Å². The number of pyridine rings is 1. The number of piperidine rings is 1. The van der Waals surface area contributed by atoms with E-state index in [4.69, 9.17) is 0 Å². The zero-order valence-electron chi connectivity index (χ0n) is 13.2. The summed E-state index contributed by atoms with van der Waals surface area (Å²) in [5.41, 5.74) is 1.32. The molecule has 7 heteroatoms. The molecule has 1 N–H and O–H groups in total. The number of hydrogen-bond acceptors (Lipinski definition) is 5. The van der Waals surface area contributed by atoms with Crippen LogP contribution in [-0.2, 0) is 6.54 Å². The molecule has 126 valence electrons. The number of nitrogens with one attached hydrogen (secondary N) is 1. The van der Waals surface area contributed by atoms with E-state index in [1.165, 1.54) is 11.6 Å². The Morgan fingerprint density at radius 3 is 2.67 bits per heavy atom. The van der Waals surface area contributed by atoms with E-state index in [0.29, 0.717) is 10.3 Å². The zero-order chi connectivity index (χ0) is 16.9. The third kappa shape index (κ3) is 4.30. The second-order valence-corrected chi connectivity index (χ2v) is 6.87. The van der Waals surface area contributed by atoms with E-state index in [-0.39, 0.29) is 11.7 Å². The third-order valence-electron chi connectivity index (χ3n) is 4.21. The summed E-state index contributed by atoms with van der Waals surface area (Å²) < 4.78 is 0.609. The molecular formula is C17H19BrN4O2. The van der Waals surface area contributed by atoms with Gasteiger partial charge in [-0.3, -0.25) is 15.0 Å². The zero-order valence-corrected chi connectivity index (χ0v) is 14.8. The quantitative estimate of drug-likeness (QED) is 0.620. The molecule has 0 saturated carbocycles. The fourth-order valence-electron chi connectivity index (χ4n) is 2.95. The molecule has 1 aromatic heterocycles. The van der Waals surface area contributed by atoms with Crippen LogP contribution in [0.2, 0.25) is 0 Å². The van der Waals surface area contributed by atoms with Crippen LogP contribution >= 0.6 is 15.9 Å². The molecule has 0 amide bonds. The predicted octanol–water partition coefficient (Wildman–Crippen LogP) is 3.83. The van der Waals surface area contributed by atoms with Crippen LogP contribution in [0.4, 0.5) is 11.5 Å². The van der Waals surface area contributed by atoms with Crippen LogP contribution in [0.3, 0.4) is 0 Å². The maximum absolute atomic E-state index is 11.2. The Labute approximate surface area is 149 Å². The Hall–Kier alpha value is -1.99. The molecule has 0 spiro atoms. The van der Waals surface area contributed by atoms with Gasteiger partial charge in [-0.25, -0.2) is 4.98 Å². The van der Waals surface area contributed by atoms with Crippen molar-refractivity contribution in [1.29, 1.82) is 0 Å². The average Bonchev–Trinajstić information content (AvgIpc) is 2.59. The summed E-state index contributed by atoms with van der Waals surface area (Å²) in [6, 6.07) is 12.1. The highest BCUT2D eigenvalue weighted by Crippen LogP contribution is 2.27. The highest BCUT2D eigenvalue weighted by atomic mass is 79.9. The van der Waals surface area contributed by atoms with Crippen molar-refractivity contribution in [3.05, 3.63) is 62.7 Å². The molecule has 0 aliphatic carbocycles. The summed E-state index contributed by atoms with van der Waals surface area (Å²) >= 11 is 3.23. The number of likely N-dealkylation sites (tertiary alicyclic amines) is 1. The number of rotatable bonds is 5. The lowest BCUT2D eigenvalue weighted by atomic mass is 10.0. The Kier molecular flexibility index (Phi) is 5.42. The first-order chi connectivity index (χ1) is 11.6. The van der Waals surface area contributed by atoms with E-state index < -0.39 is 4.92 Å². The summed E-state index contributed by atoms with van der Waals surface area (Å²) in [4.78, 5) is 17.3. The minimum atomic E-state index is -0.398. The lowest BCUT2D eigenvalue weighted by Crippen LogP contribution is -2.38. The maximum atomic E-state index is 11.2. The van der Waals surface area contributed by atoms with Crippen LogP contribution in [0.25, 0.3) is 0 Å². The van der Waals surface area contributed by atoms with Crippen LogP contribution < -0.4 is 5.32 Å². The largest absolute Gasteiger partial charge is 0.362 e. The monoisotopic (exact) mass is 390 g/mol. The summed E-state index contributed by atoms with van der Waals surface area (Å²) in [7, 11) is 0. The SMILES string of the molecule is O=[N+]([O-])c1cc(Br)cnc1NC1CCN(Cc2ccccc2)CC1. The first-order valence-corrected chi connectivity index (χ1v) is 8.74. The minimum Gasteiger partial charge on any atom is -0.362 e. The lowest BCUT2D eigenvalue weighted by molar-refractivity contribution is -0.384. The first kappa shape index (κ1) is 16.9. The molecule has 2 aromatic rings. The molecule has 3 rings (SSSR count). The van der Waals surface area contributed by atoms with Crippen LogP contribution in [0.15, 0.2) is 47.1 Å². The van der Waals surface area contributed by atoms with Gasteiger partial charge in [-0.15, -0.1) is 0 Å². The second kappa shape index (κ2) is 7.72. The molecule has 0 atom stereocenters. The van der Waals surface area contributed by atoms with Crippen LogP contribution in [0.5, 0.6) is 0 Å². The third-order valence-corrected chi connectivity index (χ3v) is 4.64. The molecule has 24 heavy (non-hydrogen) atoms. The molecule has 0 unspecified atom stereocenters. The molecule has 1 aromatic carbocycles. The Morgan fingerprint density at radius 2 is 2.00 bits per heavy atom. The van der Waals surface area contributed by atoms with Gasteiger partial charge in [0.15, 0.2) is 0 Å². The standard InChI is InChI=1S/C17H19BrN4O2/c18-14-10-16(22(23)24)17(19-11-14)20-15-6-8-21(9-7-15)12-13-4-2-1-3-5-13/h1-5,10-11,15H,6-9,12H2,(H,19,20). The van der Waals surface area contributed by atoms with Gasteiger partial charge in [0.25, 0.3) is 0 Å². The van der Waals surface area contributed by atoms with E-state index >= 15 is 0 Å². The van der Waals surface area contributed by atoms with Gasteiger partial charge in [0.2, 0.25) is 5.82 Å². The van der Waals surface area contributed by atoms with Gasteiger partial charge in [-0.05, 0) is 34.3 Å². The lowest BCUT2D eigenvalue weighted by Gasteiger charge is -2.32. The van der Waals surface area contributed by atoms with Crippen LogP contribution in [0.1, 0.15) is 18.4 Å². The van der Waals surface area contributed by atoms with Gasteiger partial charge in [0.05, 0.1) is 4.92 Å². The number of anilines is 1.